The van der Waals surface area contributed by atoms with Gasteiger partial charge < -0.3 is 14.3 Å². The van der Waals surface area contributed by atoms with Crippen LogP contribution in [0.4, 0.5) is 0 Å². The molecule has 172 valence electrons. The molecule has 0 bridgehead atoms. The number of aryl methyl sites for hydroxylation is 1. The Kier molecular flexibility index (Phi) is 8.93. The predicted molar refractivity (Wildman–Crippen MR) is 128 cm³/mol. The summed E-state index contributed by atoms with van der Waals surface area (Å²) in [4.78, 5) is 12.0. The minimum absolute atomic E-state index is 0.0604. The molecule has 4 heteroatoms. The summed E-state index contributed by atoms with van der Waals surface area (Å²) in [7, 11) is 0. The third-order valence-corrected chi connectivity index (χ3v) is 6.34. The minimum atomic E-state index is -0.447. The third kappa shape index (κ3) is 7.84. The molecule has 1 atom stereocenters. The van der Waals surface area contributed by atoms with Gasteiger partial charge in [-0.25, -0.2) is 4.79 Å². The van der Waals surface area contributed by atoms with E-state index in [4.69, 9.17) is 9.15 Å². The zero-order valence-corrected chi connectivity index (χ0v) is 20.4. The highest BCUT2D eigenvalue weighted by atomic mass is 16.6. The van der Waals surface area contributed by atoms with Crippen LogP contribution in [0, 0.1) is 13.8 Å². The Morgan fingerprint density at radius 2 is 1.48 bits per heavy atom. The normalized spacial score (nSPS) is 19.1. The smallest absolute Gasteiger partial charge is 0.343 e. The van der Waals surface area contributed by atoms with Crippen LogP contribution in [0.15, 0.2) is 44.2 Å². The summed E-state index contributed by atoms with van der Waals surface area (Å²) in [6.07, 6.45) is 13.9. The molecule has 4 nitrogen and oxygen atoms in total. The van der Waals surface area contributed by atoms with Gasteiger partial charge in [0.15, 0.2) is 0 Å². The number of rotatable bonds is 11. The standard InChI is InChI=1S/C27H40O4/c1-18(11-9-13-20(3)15-17-24-27(6,7)31-24)10-8-12-19(2)14-16-23-25(28)21(4)22(5)30-26(23)29/h10,13-14,24,28H,8-9,11-12,15-17H2,1-7H3/b18-10+,19-14+,20-13+/t24-/m0/s1. The summed E-state index contributed by atoms with van der Waals surface area (Å²) in [6, 6.07) is 0. The fraction of sp³-hybridized carbons (Fsp3) is 0.593. The Bertz CT molecular complexity index is 912. The summed E-state index contributed by atoms with van der Waals surface area (Å²) in [5.74, 6) is 0.531. The lowest BCUT2D eigenvalue weighted by molar-refractivity contribution is 0.320. The number of allylic oxidation sites excluding steroid dienone is 6. The first-order valence-corrected chi connectivity index (χ1v) is 11.5. The zero-order valence-electron chi connectivity index (χ0n) is 20.4. The van der Waals surface area contributed by atoms with E-state index >= 15 is 0 Å². The van der Waals surface area contributed by atoms with E-state index in [1.54, 1.807) is 13.8 Å². The van der Waals surface area contributed by atoms with E-state index in [1.807, 2.05) is 6.08 Å². The van der Waals surface area contributed by atoms with Crippen LogP contribution in [0.25, 0.3) is 0 Å². The highest BCUT2D eigenvalue weighted by Crippen LogP contribution is 2.39. The Morgan fingerprint density at radius 1 is 0.968 bits per heavy atom. The highest BCUT2D eigenvalue weighted by molar-refractivity contribution is 5.39. The quantitative estimate of drug-likeness (QED) is 0.309. The summed E-state index contributed by atoms with van der Waals surface area (Å²) >= 11 is 0. The first kappa shape index (κ1) is 25.2. The van der Waals surface area contributed by atoms with Crippen LogP contribution < -0.4 is 5.63 Å². The fourth-order valence-electron chi connectivity index (χ4n) is 3.72. The van der Waals surface area contributed by atoms with E-state index < -0.39 is 5.63 Å². The van der Waals surface area contributed by atoms with Crippen molar-refractivity contribution in [2.75, 3.05) is 0 Å². The first-order chi connectivity index (χ1) is 14.5. The van der Waals surface area contributed by atoms with E-state index in [2.05, 4.69) is 46.8 Å². The van der Waals surface area contributed by atoms with Gasteiger partial charge in [0.1, 0.15) is 11.5 Å². The molecule has 1 aliphatic heterocycles. The molecule has 0 unspecified atom stereocenters. The molecule has 0 amide bonds. The topological polar surface area (TPSA) is 63.0 Å². The number of hydrogen-bond donors (Lipinski definition) is 1. The monoisotopic (exact) mass is 428 g/mol. The van der Waals surface area contributed by atoms with Gasteiger partial charge in [0.05, 0.1) is 17.3 Å². The van der Waals surface area contributed by atoms with Gasteiger partial charge in [-0.1, -0.05) is 34.9 Å². The maximum atomic E-state index is 12.0. The van der Waals surface area contributed by atoms with Crippen LogP contribution >= 0.6 is 0 Å². The number of ether oxygens (including phenoxy) is 1. The highest BCUT2D eigenvalue weighted by Gasteiger charge is 2.46. The molecule has 0 aliphatic carbocycles. The maximum absolute atomic E-state index is 12.0. The second kappa shape index (κ2) is 11.0. The van der Waals surface area contributed by atoms with Gasteiger partial charge in [0.25, 0.3) is 0 Å². The molecule has 1 N–H and O–H groups in total. The summed E-state index contributed by atoms with van der Waals surface area (Å²) in [5, 5.41) is 10.2. The van der Waals surface area contributed by atoms with Gasteiger partial charge in [0, 0.05) is 12.0 Å². The van der Waals surface area contributed by atoms with Crippen LogP contribution in [0.3, 0.4) is 0 Å². The molecule has 1 aromatic rings. The van der Waals surface area contributed by atoms with Gasteiger partial charge in [-0.3, -0.25) is 0 Å². The largest absolute Gasteiger partial charge is 0.507 e. The third-order valence-electron chi connectivity index (χ3n) is 6.34. The van der Waals surface area contributed by atoms with Crippen molar-refractivity contribution in [2.24, 2.45) is 0 Å². The van der Waals surface area contributed by atoms with E-state index in [1.165, 1.54) is 16.7 Å². The number of epoxide rings is 1. The van der Waals surface area contributed by atoms with Crippen LogP contribution in [0.2, 0.25) is 0 Å². The van der Waals surface area contributed by atoms with E-state index in [0.29, 0.717) is 29.4 Å². The predicted octanol–water partition coefficient (Wildman–Crippen LogP) is 6.86. The average molecular weight is 429 g/mol. The Morgan fingerprint density at radius 3 is 2.03 bits per heavy atom. The second-order valence-corrected chi connectivity index (χ2v) is 9.58. The molecule has 2 rings (SSSR count). The van der Waals surface area contributed by atoms with Crippen LogP contribution in [0.1, 0.15) is 90.0 Å². The molecule has 1 aromatic heterocycles. The fourth-order valence-corrected chi connectivity index (χ4v) is 3.72. The van der Waals surface area contributed by atoms with Crippen molar-refractivity contribution in [2.45, 2.75) is 105 Å². The van der Waals surface area contributed by atoms with E-state index in [0.717, 1.165) is 38.5 Å². The Balaban J connectivity index is 1.73. The first-order valence-electron chi connectivity index (χ1n) is 11.5. The van der Waals surface area contributed by atoms with Gasteiger partial charge in [0.2, 0.25) is 0 Å². The molecule has 0 spiro atoms. The number of aromatic hydroxyl groups is 1. The van der Waals surface area contributed by atoms with Crippen LogP contribution in [0.5, 0.6) is 5.75 Å². The van der Waals surface area contributed by atoms with Crippen LogP contribution in [-0.4, -0.2) is 16.8 Å². The van der Waals surface area contributed by atoms with Crippen molar-refractivity contribution in [1.82, 2.24) is 0 Å². The van der Waals surface area contributed by atoms with E-state index in [9.17, 15) is 9.90 Å². The van der Waals surface area contributed by atoms with Crippen molar-refractivity contribution < 1.29 is 14.3 Å². The van der Waals surface area contributed by atoms with Gasteiger partial charge in [-0.15, -0.1) is 0 Å². The minimum Gasteiger partial charge on any atom is -0.507 e. The molecule has 0 radical (unpaired) electrons. The van der Waals surface area contributed by atoms with Crippen LogP contribution in [-0.2, 0) is 11.2 Å². The number of hydrogen-bond acceptors (Lipinski definition) is 4. The second-order valence-electron chi connectivity index (χ2n) is 9.58. The maximum Gasteiger partial charge on any atom is 0.343 e. The van der Waals surface area contributed by atoms with Crippen molar-refractivity contribution >= 4 is 0 Å². The molecule has 1 aliphatic rings. The Hall–Kier alpha value is -2.07. The lowest BCUT2D eigenvalue weighted by Crippen LogP contribution is -2.09. The Labute approximate surface area is 187 Å². The van der Waals surface area contributed by atoms with Crippen molar-refractivity contribution in [3.05, 3.63) is 62.3 Å². The van der Waals surface area contributed by atoms with Gasteiger partial charge in [-0.2, -0.15) is 0 Å². The molecule has 31 heavy (non-hydrogen) atoms. The van der Waals surface area contributed by atoms with Crippen molar-refractivity contribution in [3.63, 3.8) is 0 Å². The molecule has 1 saturated heterocycles. The summed E-state index contributed by atoms with van der Waals surface area (Å²) < 4.78 is 10.8. The summed E-state index contributed by atoms with van der Waals surface area (Å²) in [5.41, 5.74) is 4.70. The molecular weight excluding hydrogens is 388 g/mol. The molecule has 0 saturated carbocycles. The average Bonchev–Trinajstić information content (AvgIpc) is 3.31. The van der Waals surface area contributed by atoms with Gasteiger partial charge in [-0.05, 0) is 87.0 Å². The lowest BCUT2D eigenvalue weighted by Gasteiger charge is -2.06. The molecular formula is C27H40O4. The van der Waals surface area contributed by atoms with Crippen molar-refractivity contribution in [1.29, 1.82) is 0 Å². The molecule has 2 heterocycles. The lowest BCUT2D eigenvalue weighted by atomic mass is 10.0. The molecule has 0 aromatic carbocycles. The van der Waals surface area contributed by atoms with E-state index in [-0.39, 0.29) is 11.4 Å². The molecule has 1 fully saturated rings. The SMILES string of the molecule is C/C(=C\CC/C(C)=C/Cc1c(O)c(C)c(C)oc1=O)CC/C=C(\C)CC[C@@H]1OC1(C)C. The van der Waals surface area contributed by atoms with Crippen molar-refractivity contribution in [3.8, 4) is 5.75 Å². The zero-order chi connectivity index (χ0) is 23.2. The van der Waals surface area contributed by atoms with Gasteiger partial charge >= 0.3 is 5.63 Å². The summed E-state index contributed by atoms with van der Waals surface area (Å²) in [6.45, 7) is 14.3.